The van der Waals surface area contributed by atoms with Gasteiger partial charge in [0, 0.05) is 19.6 Å². The molecule has 0 spiro atoms. The lowest BCUT2D eigenvalue weighted by Gasteiger charge is -2.33. The Morgan fingerprint density at radius 3 is 2.25 bits per heavy atom. The number of nitrogen functional groups attached to an aromatic ring is 1. The highest BCUT2D eigenvalue weighted by atomic mass is 16.6. The molecule has 1 aromatic heterocycles. The van der Waals surface area contributed by atoms with Gasteiger partial charge in [-0.1, -0.05) is 29.8 Å². The molecule has 1 fully saturated rings. The summed E-state index contributed by atoms with van der Waals surface area (Å²) in [6.07, 6.45) is 3.02. The fourth-order valence-electron chi connectivity index (χ4n) is 4.14. The van der Waals surface area contributed by atoms with Gasteiger partial charge in [0.1, 0.15) is 35.1 Å². The Morgan fingerprint density at radius 1 is 1.03 bits per heavy atom. The van der Waals surface area contributed by atoms with Crippen molar-refractivity contribution >= 4 is 17.7 Å². The third-order valence-corrected chi connectivity index (χ3v) is 6.10. The van der Waals surface area contributed by atoms with Gasteiger partial charge in [-0.25, -0.2) is 14.8 Å². The Hall–Kier alpha value is -3.81. The van der Waals surface area contributed by atoms with Gasteiger partial charge in [0.25, 0.3) is 0 Å². The molecule has 0 radical (unpaired) electrons. The first-order chi connectivity index (χ1) is 17.2. The van der Waals surface area contributed by atoms with Crippen molar-refractivity contribution in [3.8, 4) is 22.6 Å². The number of nitrogens with one attached hydrogen (secondary N) is 1. The van der Waals surface area contributed by atoms with Crippen LogP contribution in [-0.4, -0.2) is 46.2 Å². The predicted molar refractivity (Wildman–Crippen MR) is 142 cm³/mol. The summed E-state index contributed by atoms with van der Waals surface area (Å²) in [4.78, 5) is 22.8. The lowest BCUT2D eigenvalue weighted by atomic mass is 9.97. The number of anilines is 2. The predicted octanol–water partition coefficient (Wildman–Crippen LogP) is 5.89. The highest BCUT2D eigenvalue weighted by molar-refractivity contribution is 5.83. The molecule has 0 aliphatic carbocycles. The van der Waals surface area contributed by atoms with Gasteiger partial charge < -0.3 is 25.4 Å². The Morgan fingerprint density at radius 2 is 1.64 bits per heavy atom. The molecule has 36 heavy (non-hydrogen) atoms. The summed E-state index contributed by atoms with van der Waals surface area (Å²) in [5.74, 6) is 3.06. The number of nitrogens with zero attached hydrogens (tertiary/aromatic N) is 3. The molecule has 0 saturated carbocycles. The Bertz CT molecular complexity index is 1170. The molecule has 0 atom stereocenters. The Balaban J connectivity index is 1.37. The van der Waals surface area contributed by atoms with Crippen LogP contribution in [0.3, 0.4) is 0 Å². The van der Waals surface area contributed by atoms with Crippen molar-refractivity contribution in [3.05, 3.63) is 60.4 Å². The van der Waals surface area contributed by atoms with Gasteiger partial charge in [-0.05, 0) is 76.3 Å². The molecule has 190 valence electrons. The minimum atomic E-state index is -0.482. The number of amides is 1. The first kappa shape index (κ1) is 25.3. The van der Waals surface area contributed by atoms with Crippen LogP contribution < -0.4 is 15.8 Å². The van der Waals surface area contributed by atoms with Gasteiger partial charge in [-0.3, -0.25) is 0 Å². The Labute approximate surface area is 212 Å². The van der Waals surface area contributed by atoms with E-state index in [0.717, 1.165) is 42.0 Å². The van der Waals surface area contributed by atoms with Crippen LogP contribution in [0.15, 0.2) is 54.9 Å². The fourth-order valence-corrected chi connectivity index (χ4v) is 4.14. The summed E-state index contributed by atoms with van der Waals surface area (Å²) in [5.41, 5.74) is 8.64. The molecular formula is C28H35N5O3. The minimum Gasteiger partial charge on any atom is -0.457 e. The fraction of sp³-hybridized carbons (Fsp3) is 0.393. The van der Waals surface area contributed by atoms with E-state index in [-0.39, 0.29) is 6.09 Å². The molecule has 0 bridgehead atoms. The second-order valence-corrected chi connectivity index (χ2v) is 10.2. The number of likely N-dealkylation sites (tertiary alicyclic amines) is 1. The Kier molecular flexibility index (Phi) is 7.62. The van der Waals surface area contributed by atoms with Crippen molar-refractivity contribution in [1.82, 2.24) is 14.9 Å². The molecule has 0 unspecified atom stereocenters. The maximum absolute atomic E-state index is 12.3. The largest absolute Gasteiger partial charge is 0.457 e. The second-order valence-electron chi connectivity index (χ2n) is 10.2. The number of carbonyl (C=O) groups excluding carboxylic acids is 1. The summed E-state index contributed by atoms with van der Waals surface area (Å²) >= 11 is 0. The van der Waals surface area contributed by atoms with Crippen LogP contribution in [-0.2, 0) is 4.74 Å². The van der Waals surface area contributed by atoms with Crippen LogP contribution in [0, 0.1) is 12.8 Å². The van der Waals surface area contributed by atoms with E-state index in [2.05, 4.69) is 15.3 Å². The monoisotopic (exact) mass is 489 g/mol. The molecule has 3 N–H and O–H groups in total. The van der Waals surface area contributed by atoms with Gasteiger partial charge in [0.15, 0.2) is 0 Å². The third-order valence-electron chi connectivity index (χ3n) is 6.10. The number of hydrogen-bond donors (Lipinski definition) is 2. The van der Waals surface area contributed by atoms with Crippen molar-refractivity contribution in [2.75, 3.05) is 30.7 Å². The number of aromatic nitrogens is 2. The van der Waals surface area contributed by atoms with Gasteiger partial charge in [0.2, 0.25) is 0 Å². The van der Waals surface area contributed by atoms with Gasteiger partial charge in [-0.2, -0.15) is 0 Å². The maximum Gasteiger partial charge on any atom is 0.410 e. The average Bonchev–Trinajstić information content (AvgIpc) is 2.84. The van der Waals surface area contributed by atoms with E-state index in [4.69, 9.17) is 15.2 Å². The van der Waals surface area contributed by atoms with Gasteiger partial charge in [0.05, 0.1) is 5.56 Å². The molecule has 2 aromatic carbocycles. The molecule has 1 aliphatic heterocycles. The quantitative estimate of drug-likeness (QED) is 0.445. The van der Waals surface area contributed by atoms with Crippen LogP contribution in [0.25, 0.3) is 11.1 Å². The molecule has 1 amide bonds. The van der Waals surface area contributed by atoms with Crippen molar-refractivity contribution in [2.45, 2.75) is 46.1 Å². The minimum absolute atomic E-state index is 0.241. The van der Waals surface area contributed by atoms with Crippen molar-refractivity contribution in [2.24, 2.45) is 5.92 Å². The van der Waals surface area contributed by atoms with Crippen molar-refractivity contribution in [3.63, 3.8) is 0 Å². The topological polar surface area (TPSA) is 103 Å². The van der Waals surface area contributed by atoms with E-state index < -0.39 is 5.60 Å². The summed E-state index contributed by atoms with van der Waals surface area (Å²) in [6, 6.07) is 15.7. The van der Waals surface area contributed by atoms with Crippen LogP contribution in [0.2, 0.25) is 0 Å². The van der Waals surface area contributed by atoms with Crippen LogP contribution >= 0.6 is 0 Å². The first-order valence-corrected chi connectivity index (χ1v) is 12.4. The first-order valence-electron chi connectivity index (χ1n) is 12.4. The number of piperidine rings is 1. The number of hydrogen-bond acceptors (Lipinski definition) is 7. The standard InChI is InChI=1S/C28H35N5O3/c1-19-5-9-22(10-6-19)35-23-11-7-21(8-12-23)24-25(29)31-18-32-26(24)30-17-20-13-15-33(16-14-20)27(34)36-28(2,3)4/h5-12,18,20H,13-17H2,1-4H3,(H3,29,30,31,32). The molecule has 1 saturated heterocycles. The molecule has 4 rings (SSSR count). The van der Waals surface area contributed by atoms with E-state index in [1.165, 1.54) is 11.9 Å². The summed E-state index contributed by atoms with van der Waals surface area (Å²) in [5, 5.41) is 3.47. The normalized spacial score (nSPS) is 14.4. The number of benzene rings is 2. The van der Waals surface area contributed by atoms with E-state index in [1.54, 1.807) is 4.90 Å². The van der Waals surface area contributed by atoms with E-state index in [9.17, 15) is 4.79 Å². The summed E-state index contributed by atoms with van der Waals surface area (Å²) in [7, 11) is 0. The molecular weight excluding hydrogens is 454 g/mol. The van der Waals surface area contributed by atoms with E-state index >= 15 is 0 Å². The van der Waals surface area contributed by atoms with E-state index in [0.29, 0.717) is 30.6 Å². The van der Waals surface area contributed by atoms with Crippen LogP contribution in [0.1, 0.15) is 39.2 Å². The number of ether oxygens (including phenoxy) is 2. The van der Waals surface area contributed by atoms with Crippen molar-refractivity contribution < 1.29 is 14.3 Å². The highest BCUT2D eigenvalue weighted by Gasteiger charge is 2.27. The van der Waals surface area contributed by atoms with Crippen LogP contribution in [0.4, 0.5) is 16.4 Å². The molecule has 8 nitrogen and oxygen atoms in total. The zero-order valence-corrected chi connectivity index (χ0v) is 21.5. The van der Waals surface area contributed by atoms with Gasteiger partial charge in [-0.15, -0.1) is 0 Å². The lowest BCUT2D eigenvalue weighted by molar-refractivity contribution is 0.0188. The summed E-state index contributed by atoms with van der Waals surface area (Å²) in [6.45, 7) is 9.81. The average molecular weight is 490 g/mol. The van der Waals surface area contributed by atoms with E-state index in [1.807, 2.05) is 76.2 Å². The zero-order chi connectivity index (χ0) is 25.7. The number of nitrogens with two attached hydrogens (primary N) is 1. The lowest BCUT2D eigenvalue weighted by Crippen LogP contribution is -2.42. The zero-order valence-electron chi connectivity index (χ0n) is 21.5. The van der Waals surface area contributed by atoms with Gasteiger partial charge >= 0.3 is 6.09 Å². The number of carbonyl (C=O) groups is 1. The smallest absolute Gasteiger partial charge is 0.410 e. The highest BCUT2D eigenvalue weighted by Crippen LogP contribution is 2.33. The maximum atomic E-state index is 12.3. The van der Waals surface area contributed by atoms with Crippen molar-refractivity contribution in [1.29, 1.82) is 0 Å². The SMILES string of the molecule is Cc1ccc(Oc2ccc(-c3c(N)ncnc3NCC3CCN(C(=O)OC(C)(C)C)CC3)cc2)cc1. The molecule has 2 heterocycles. The summed E-state index contributed by atoms with van der Waals surface area (Å²) < 4.78 is 11.4. The number of aryl methyl sites for hydroxylation is 1. The molecule has 1 aliphatic rings. The molecule has 3 aromatic rings. The van der Waals surface area contributed by atoms with Crippen LogP contribution in [0.5, 0.6) is 11.5 Å². The third kappa shape index (κ3) is 6.65. The number of rotatable bonds is 6. The molecule has 8 heteroatoms. The second kappa shape index (κ2) is 10.8.